The fraction of sp³-hybridized carbons (Fsp3) is 0.440. The number of alkyl carbamates (subject to hydrolysis) is 1. The number of carbonyl (C=O) groups excluding carboxylic acids is 4. The molecule has 0 spiro atoms. The summed E-state index contributed by atoms with van der Waals surface area (Å²) in [6.07, 6.45) is 11.1. The van der Waals surface area contributed by atoms with Crippen molar-refractivity contribution in [2.45, 2.75) is 37.8 Å². The number of nitrogens with zero attached hydrogens (tertiary/aromatic N) is 3. The Hall–Kier alpha value is -3.90. The topological polar surface area (TPSA) is 169 Å². The van der Waals surface area contributed by atoms with Crippen molar-refractivity contribution in [1.82, 2.24) is 30.8 Å². The Morgan fingerprint density at radius 1 is 1.08 bits per heavy atom. The van der Waals surface area contributed by atoms with Gasteiger partial charge in [0, 0.05) is 37.4 Å². The summed E-state index contributed by atoms with van der Waals surface area (Å²) in [4.78, 5) is 53.0. The number of pyridine rings is 2. The van der Waals surface area contributed by atoms with Gasteiger partial charge in [-0.25, -0.2) is 9.59 Å². The average molecular weight is 512 g/mol. The molecule has 5 heterocycles. The monoisotopic (exact) mass is 511 g/mol. The summed E-state index contributed by atoms with van der Waals surface area (Å²) in [6, 6.07) is 8.60. The maximum atomic E-state index is 12.1. The molecular formula is C25H33N7O5. The van der Waals surface area contributed by atoms with E-state index in [0.717, 1.165) is 31.5 Å². The minimum Gasteiger partial charge on any atom is -0.375 e. The van der Waals surface area contributed by atoms with Crippen molar-refractivity contribution in [1.29, 1.82) is 0 Å². The van der Waals surface area contributed by atoms with E-state index in [1.165, 1.54) is 18.4 Å². The lowest BCUT2D eigenvalue weighted by Gasteiger charge is -2.25. The van der Waals surface area contributed by atoms with Crippen molar-refractivity contribution in [2.75, 3.05) is 32.7 Å². The van der Waals surface area contributed by atoms with E-state index in [0.29, 0.717) is 6.04 Å². The van der Waals surface area contributed by atoms with Crippen molar-refractivity contribution in [3.05, 3.63) is 60.2 Å². The minimum atomic E-state index is -0.648. The van der Waals surface area contributed by atoms with E-state index in [1.54, 1.807) is 17.3 Å². The Bertz CT molecular complexity index is 1020. The van der Waals surface area contributed by atoms with Gasteiger partial charge in [0.25, 0.3) is 0 Å². The summed E-state index contributed by atoms with van der Waals surface area (Å²) < 4.78 is 3.97. The van der Waals surface area contributed by atoms with Crippen LogP contribution >= 0.6 is 0 Å². The number of carbonyl (C=O) groups is 4. The highest BCUT2D eigenvalue weighted by atomic mass is 16.6. The summed E-state index contributed by atoms with van der Waals surface area (Å²) >= 11 is 0. The molecule has 5 rings (SSSR count). The molecule has 2 aromatic heterocycles. The number of hydrogen-bond acceptors (Lipinski definition) is 9. The number of amides is 3. The van der Waals surface area contributed by atoms with Crippen molar-refractivity contribution in [3.8, 4) is 0 Å². The van der Waals surface area contributed by atoms with Crippen molar-refractivity contribution < 1.29 is 23.9 Å². The molecule has 5 N–H and O–H groups in total. The smallest absolute Gasteiger partial charge is 0.375 e. The van der Waals surface area contributed by atoms with Gasteiger partial charge in [-0.15, -0.1) is 0 Å². The lowest BCUT2D eigenvalue weighted by Crippen LogP contribution is -2.41. The third-order valence-electron chi connectivity index (χ3n) is 6.00. The van der Waals surface area contributed by atoms with Gasteiger partial charge in [-0.2, -0.15) is 0 Å². The normalized spacial score (nSPS) is 20.1. The summed E-state index contributed by atoms with van der Waals surface area (Å²) in [7, 11) is 0. The van der Waals surface area contributed by atoms with E-state index in [-0.39, 0.29) is 37.5 Å². The number of nitrogens with one attached hydrogen (secondary N) is 3. The van der Waals surface area contributed by atoms with E-state index in [4.69, 9.17) is 5.73 Å². The zero-order chi connectivity index (χ0) is 26.5. The second-order valence-corrected chi connectivity index (χ2v) is 8.56. The molecule has 3 amide bonds. The maximum Gasteiger partial charge on any atom is 0.415 e. The molecule has 2 unspecified atom stereocenters. The first-order valence-corrected chi connectivity index (χ1v) is 12.3. The Morgan fingerprint density at radius 2 is 1.81 bits per heavy atom. The quantitative estimate of drug-likeness (QED) is 0.331. The molecule has 0 aliphatic carbocycles. The lowest BCUT2D eigenvalue weighted by molar-refractivity contribution is -0.133. The SMILES string of the molecule is NCC(=O)NCC(=O)N1CCCC1c1cccnc1.O=C1CNC(=O)O1.c1cncc(C2CCCN2)c1. The first kappa shape index (κ1) is 27.7. The van der Waals surface area contributed by atoms with Crippen molar-refractivity contribution in [2.24, 2.45) is 5.73 Å². The largest absolute Gasteiger partial charge is 0.415 e. The summed E-state index contributed by atoms with van der Waals surface area (Å²) in [6.45, 7) is 1.79. The van der Waals surface area contributed by atoms with Crippen LogP contribution in [-0.4, -0.2) is 71.5 Å². The molecule has 37 heavy (non-hydrogen) atoms. The lowest BCUT2D eigenvalue weighted by atomic mass is 10.1. The van der Waals surface area contributed by atoms with Gasteiger partial charge in [0.15, 0.2) is 0 Å². The summed E-state index contributed by atoms with van der Waals surface area (Å²) in [5, 5.41) is 8.10. The number of hydrogen-bond donors (Lipinski definition) is 4. The minimum absolute atomic E-state index is 0.00674. The van der Waals surface area contributed by atoms with Crippen LogP contribution in [0.4, 0.5) is 4.79 Å². The summed E-state index contributed by atoms with van der Waals surface area (Å²) in [5.41, 5.74) is 7.55. The van der Waals surface area contributed by atoms with Crippen LogP contribution in [0.5, 0.6) is 0 Å². The maximum absolute atomic E-state index is 12.1. The van der Waals surface area contributed by atoms with Gasteiger partial charge < -0.3 is 31.3 Å². The number of aromatic nitrogens is 2. The van der Waals surface area contributed by atoms with E-state index in [1.807, 2.05) is 30.6 Å². The molecule has 3 fully saturated rings. The summed E-state index contributed by atoms with van der Waals surface area (Å²) in [5.74, 6) is -0.899. The fourth-order valence-corrected chi connectivity index (χ4v) is 4.20. The molecule has 0 saturated carbocycles. The van der Waals surface area contributed by atoms with E-state index in [9.17, 15) is 19.2 Å². The van der Waals surface area contributed by atoms with Crippen molar-refractivity contribution in [3.63, 3.8) is 0 Å². The van der Waals surface area contributed by atoms with Crippen LogP contribution in [0, 0.1) is 0 Å². The number of cyclic esters (lactones) is 2. The number of esters is 1. The third kappa shape index (κ3) is 8.92. The molecule has 2 atom stereocenters. The second-order valence-electron chi connectivity index (χ2n) is 8.56. The zero-order valence-electron chi connectivity index (χ0n) is 20.6. The first-order chi connectivity index (χ1) is 18.0. The molecule has 2 aromatic rings. The van der Waals surface area contributed by atoms with Crippen LogP contribution in [-0.2, 0) is 19.1 Å². The highest BCUT2D eigenvalue weighted by molar-refractivity contribution is 5.92. The molecular weight excluding hydrogens is 478 g/mol. The van der Waals surface area contributed by atoms with Crippen LogP contribution in [0.2, 0.25) is 0 Å². The molecule has 12 heteroatoms. The predicted octanol–water partition coefficient (Wildman–Crippen LogP) is 0.579. The zero-order valence-corrected chi connectivity index (χ0v) is 20.6. The van der Waals surface area contributed by atoms with Gasteiger partial charge in [0.2, 0.25) is 11.8 Å². The highest BCUT2D eigenvalue weighted by Gasteiger charge is 2.29. The number of ether oxygens (including phenoxy) is 1. The molecule has 3 aliphatic heterocycles. The van der Waals surface area contributed by atoms with Gasteiger partial charge in [-0.05, 0) is 55.5 Å². The fourth-order valence-electron chi connectivity index (χ4n) is 4.20. The molecule has 0 radical (unpaired) electrons. The van der Waals surface area contributed by atoms with Gasteiger partial charge >= 0.3 is 12.1 Å². The van der Waals surface area contributed by atoms with E-state index in [2.05, 4.69) is 36.7 Å². The van der Waals surface area contributed by atoms with Crippen LogP contribution in [0.25, 0.3) is 0 Å². The van der Waals surface area contributed by atoms with Gasteiger partial charge in [-0.1, -0.05) is 12.1 Å². The van der Waals surface area contributed by atoms with E-state index < -0.39 is 12.1 Å². The van der Waals surface area contributed by atoms with Crippen LogP contribution in [0.3, 0.4) is 0 Å². The first-order valence-electron chi connectivity index (χ1n) is 12.3. The van der Waals surface area contributed by atoms with Crippen LogP contribution < -0.4 is 21.7 Å². The van der Waals surface area contributed by atoms with Gasteiger partial charge in [-0.3, -0.25) is 19.6 Å². The molecule has 3 aliphatic rings. The number of rotatable bonds is 5. The average Bonchev–Trinajstić information content (AvgIpc) is 3.71. The Morgan fingerprint density at radius 3 is 2.32 bits per heavy atom. The number of likely N-dealkylation sites (tertiary alicyclic amines) is 1. The Balaban J connectivity index is 0.000000176. The highest BCUT2D eigenvalue weighted by Crippen LogP contribution is 2.31. The van der Waals surface area contributed by atoms with Gasteiger partial charge in [0.1, 0.15) is 6.54 Å². The molecule has 0 aromatic carbocycles. The molecule has 198 valence electrons. The van der Waals surface area contributed by atoms with Gasteiger partial charge in [0.05, 0.1) is 19.1 Å². The number of nitrogens with two attached hydrogens (primary N) is 1. The van der Waals surface area contributed by atoms with Crippen LogP contribution in [0.15, 0.2) is 49.1 Å². The molecule has 3 saturated heterocycles. The second kappa shape index (κ2) is 14.6. The predicted molar refractivity (Wildman–Crippen MR) is 134 cm³/mol. The van der Waals surface area contributed by atoms with Crippen molar-refractivity contribution >= 4 is 23.9 Å². The molecule has 12 nitrogen and oxygen atoms in total. The van der Waals surface area contributed by atoms with E-state index >= 15 is 0 Å². The standard InChI is InChI=1S/C13H18N4O2.C9H12N2.C3H3NO3/c14-7-12(18)16-9-13(19)17-6-2-4-11(17)10-3-1-5-15-8-10;1-3-8(7-10-5-1)9-4-2-6-11-9;5-2-1-4-3(6)7-2/h1,3,5,8,11H,2,4,6-7,9,14H2,(H,16,18);1,3,5,7,9,11H,2,4,6H2;1H2,(H,4,6). The van der Waals surface area contributed by atoms with Crippen LogP contribution in [0.1, 0.15) is 48.9 Å². The third-order valence-corrected chi connectivity index (χ3v) is 6.00. The Labute approximate surface area is 215 Å². The Kier molecular flexibility index (Phi) is 10.9. The molecule has 0 bridgehead atoms.